The average Bonchev–Trinajstić information content (AvgIpc) is 3.05. The molecule has 21 heavy (non-hydrogen) atoms. The second kappa shape index (κ2) is 5.83. The lowest BCUT2D eigenvalue weighted by atomic mass is 10.4. The summed E-state index contributed by atoms with van der Waals surface area (Å²) in [7, 11) is 0. The van der Waals surface area contributed by atoms with E-state index >= 15 is 0 Å². The van der Waals surface area contributed by atoms with E-state index in [1.165, 1.54) is 11.3 Å². The number of hydrogen-bond acceptors (Lipinski definition) is 5. The van der Waals surface area contributed by atoms with Gasteiger partial charge in [-0.25, -0.2) is 14.8 Å². The third-order valence-corrected chi connectivity index (χ3v) is 4.31. The number of hydrogen-bond donors (Lipinski definition) is 0. The third kappa shape index (κ3) is 3.06. The second-order valence-electron chi connectivity index (χ2n) is 4.43. The minimum atomic E-state index is -0.341. The van der Waals surface area contributed by atoms with Crippen LogP contribution < -0.4 is 0 Å². The first-order valence-electron chi connectivity index (χ1n) is 6.34. The molecule has 108 valence electrons. The molecule has 0 aliphatic rings. The molecule has 0 saturated heterocycles. The van der Waals surface area contributed by atoms with Crippen LogP contribution in [-0.4, -0.2) is 27.1 Å². The molecule has 0 N–H and O–H groups in total. The molecule has 0 aliphatic carbocycles. The average molecular weight is 322 g/mol. The molecule has 3 aromatic heterocycles. The van der Waals surface area contributed by atoms with Crippen LogP contribution in [0.2, 0.25) is 5.15 Å². The lowest BCUT2D eigenvalue weighted by molar-refractivity contribution is 0.0496. The Balaban J connectivity index is 1.65. The van der Waals surface area contributed by atoms with Gasteiger partial charge in [-0.15, -0.1) is 11.3 Å². The quantitative estimate of drug-likeness (QED) is 0.546. The summed E-state index contributed by atoms with van der Waals surface area (Å²) in [6.45, 7) is 2.80. The second-order valence-corrected chi connectivity index (χ2v) is 5.90. The van der Waals surface area contributed by atoms with Gasteiger partial charge in [0.2, 0.25) is 0 Å². The van der Waals surface area contributed by atoms with Crippen molar-refractivity contribution in [3.05, 3.63) is 46.4 Å². The smallest absolute Gasteiger partial charge is 0.348 e. The van der Waals surface area contributed by atoms with Crippen LogP contribution in [0.1, 0.15) is 15.5 Å². The third-order valence-electron chi connectivity index (χ3n) is 3.03. The molecular weight excluding hydrogens is 310 g/mol. The van der Waals surface area contributed by atoms with Crippen molar-refractivity contribution in [1.29, 1.82) is 0 Å². The number of fused-ring (bicyclic) bond motifs is 1. The van der Waals surface area contributed by atoms with Crippen molar-refractivity contribution in [3.63, 3.8) is 0 Å². The van der Waals surface area contributed by atoms with Crippen LogP contribution in [-0.2, 0) is 11.3 Å². The maximum absolute atomic E-state index is 12.0. The predicted molar refractivity (Wildman–Crippen MR) is 81.9 cm³/mol. The first-order valence-corrected chi connectivity index (χ1v) is 7.54. The highest BCUT2D eigenvalue weighted by Gasteiger charge is 2.12. The van der Waals surface area contributed by atoms with Gasteiger partial charge in [0.1, 0.15) is 22.5 Å². The minimum absolute atomic E-state index is 0.304. The lowest BCUT2D eigenvalue weighted by Gasteiger charge is -2.05. The van der Waals surface area contributed by atoms with Crippen molar-refractivity contribution in [2.75, 3.05) is 6.61 Å². The number of carbonyl (C=O) groups excluding carboxylic acids is 1. The molecule has 0 fully saturated rings. The molecule has 0 bridgehead atoms. The predicted octanol–water partition coefficient (Wildman–Crippen LogP) is 3.31. The van der Waals surface area contributed by atoms with E-state index in [9.17, 15) is 4.79 Å². The molecular formula is C14H12ClN3O2S. The van der Waals surface area contributed by atoms with Gasteiger partial charge in [0.25, 0.3) is 0 Å². The van der Waals surface area contributed by atoms with E-state index in [1.807, 2.05) is 23.8 Å². The summed E-state index contributed by atoms with van der Waals surface area (Å²) in [5.41, 5.74) is 0.713. The summed E-state index contributed by atoms with van der Waals surface area (Å²) in [6.07, 6.45) is 3.58. The number of aryl methyl sites for hydroxylation is 1. The maximum Gasteiger partial charge on any atom is 0.348 e. The standard InChI is InChI=1S/C14H12ClN3O2S/c1-9-16-4-5-18(9)6-7-20-14(19)12-8-10-11(21-12)2-3-13(15)17-10/h2-5,8H,6-7H2,1H3. The van der Waals surface area contributed by atoms with Crippen LogP contribution in [0, 0.1) is 6.92 Å². The van der Waals surface area contributed by atoms with Gasteiger partial charge in [0, 0.05) is 12.4 Å². The Bertz CT molecular complexity index is 796. The van der Waals surface area contributed by atoms with Gasteiger partial charge in [-0.3, -0.25) is 0 Å². The summed E-state index contributed by atoms with van der Waals surface area (Å²) in [4.78, 5) is 20.8. The van der Waals surface area contributed by atoms with Gasteiger partial charge >= 0.3 is 5.97 Å². The topological polar surface area (TPSA) is 57.0 Å². The van der Waals surface area contributed by atoms with Crippen LogP contribution in [0.15, 0.2) is 30.6 Å². The number of imidazole rings is 1. The Morgan fingerprint density at radius 3 is 3.10 bits per heavy atom. The van der Waals surface area contributed by atoms with E-state index in [2.05, 4.69) is 9.97 Å². The number of ether oxygens (including phenoxy) is 1. The fourth-order valence-electron chi connectivity index (χ4n) is 1.95. The van der Waals surface area contributed by atoms with Crippen molar-refractivity contribution >= 4 is 39.1 Å². The molecule has 3 heterocycles. The SMILES string of the molecule is Cc1nccn1CCOC(=O)c1cc2nc(Cl)ccc2s1. The van der Waals surface area contributed by atoms with E-state index in [-0.39, 0.29) is 5.97 Å². The molecule has 0 aromatic carbocycles. The van der Waals surface area contributed by atoms with E-state index in [0.29, 0.717) is 28.7 Å². The molecule has 0 radical (unpaired) electrons. The van der Waals surface area contributed by atoms with Crippen LogP contribution in [0.3, 0.4) is 0 Å². The Kier molecular flexibility index (Phi) is 3.90. The van der Waals surface area contributed by atoms with Gasteiger partial charge in [-0.05, 0) is 25.1 Å². The largest absolute Gasteiger partial charge is 0.460 e. The number of aromatic nitrogens is 3. The number of esters is 1. The Morgan fingerprint density at radius 2 is 2.33 bits per heavy atom. The molecule has 0 amide bonds. The molecule has 5 nitrogen and oxygen atoms in total. The van der Waals surface area contributed by atoms with Crippen molar-refractivity contribution in [2.45, 2.75) is 13.5 Å². The first-order chi connectivity index (χ1) is 10.1. The lowest BCUT2D eigenvalue weighted by Crippen LogP contribution is -2.11. The molecule has 3 rings (SSSR count). The number of thiophene rings is 1. The molecule has 0 unspecified atom stereocenters. The Hall–Kier alpha value is -1.92. The molecule has 0 atom stereocenters. The highest BCUT2D eigenvalue weighted by Crippen LogP contribution is 2.26. The summed E-state index contributed by atoms with van der Waals surface area (Å²) >= 11 is 7.18. The molecule has 0 spiro atoms. The summed E-state index contributed by atoms with van der Waals surface area (Å²) in [6, 6.07) is 5.26. The fraction of sp³-hybridized carbons (Fsp3) is 0.214. The number of carbonyl (C=O) groups is 1. The Morgan fingerprint density at radius 1 is 1.48 bits per heavy atom. The molecule has 3 aromatic rings. The zero-order valence-corrected chi connectivity index (χ0v) is 12.8. The highest BCUT2D eigenvalue weighted by atomic mass is 35.5. The van der Waals surface area contributed by atoms with Crippen molar-refractivity contribution in [3.8, 4) is 0 Å². The van der Waals surface area contributed by atoms with Gasteiger partial charge in [0.05, 0.1) is 16.8 Å². The summed E-state index contributed by atoms with van der Waals surface area (Å²) < 4.78 is 8.12. The van der Waals surface area contributed by atoms with Crippen molar-refractivity contribution < 1.29 is 9.53 Å². The van der Waals surface area contributed by atoms with Crippen molar-refractivity contribution in [2.24, 2.45) is 0 Å². The normalized spacial score (nSPS) is 11.0. The summed E-state index contributed by atoms with van der Waals surface area (Å²) in [5, 5.41) is 0.413. The fourth-order valence-corrected chi connectivity index (χ4v) is 3.00. The Labute approximate surface area is 130 Å². The van der Waals surface area contributed by atoms with Crippen LogP contribution in [0.5, 0.6) is 0 Å². The van der Waals surface area contributed by atoms with Gasteiger partial charge in [-0.1, -0.05) is 11.6 Å². The van der Waals surface area contributed by atoms with Crippen LogP contribution >= 0.6 is 22.9 Å². The van der Waals surface area contributed by atoms with Crippen LogP contribution in [0.4, 0.5) is 0 Å². The van der Waals surface area contributed by atoms with Crippen LogP contribution in [0.25, 0.3) is 10.2 Å². The number of halogens is 1. The molecule has 7 heteroatoms. The van der Waals surface area contributed by atoms with Crippen molar-refractivity contribution in [1.82, 2.24) is 14.5 Å². The van der Waals surface area contributed by atoms with E-state index < -0.39 is 0 Å². The first kappa shape index (κ1) is 14.0. The number of rotatable bonds is 4. The van der Waals surface area contributed by atoms with Gasteiger partial charge in [-0.2, -0.15) is 0 Å². The minimum Gasteiger partial charge on any atom is -0.460 e. The number of pyridine rings is 1. The molecule has 0 saturated carbocycles. The number of nitrogens with zero attached hydrogens (tertiary/aromatic N) is 3. The van der Waals surface area contributed by atoms with E-state index in [4.69, 9.17) is 16.3 Å². The van der Waals surface area contributed by atoms with Gasteiger partial charge in [0.15, 0.2) is 0 Å². The maximum atomic E-state index is 12.0. The zero-order chi connectivity index (χ0) is 14.8. The summed E-state index contributed by atoms with van der Waals surface area (Å²) in [5.74, 6) is 0.554. The van der Waals surface area contributed by atoms with E-state index in [0.717, 1.165) is 10.5 Å². The molecule has 0 aliphatic heterocycles. The van der Waals surface area contributed by atoms with E-state index in [1.54, 1.807) is 18.3 Å². The monoisotopic (exact) mass is 321 g/mol. The highest BCUT2D eigenvalue weighted by molar-refractivity contribution is 7.20. The zero-order valence-electron chi connectivity index (χ0n) is 11.2. The van der Waals surface area contributed by atoms with Gasteiger partial charge < -0.3 is 9.30 Å².